The minimum Gasteiger partial charge on any atom is -0.334 e. The summed E-state index contributed by atoms with van der Waals surface area (Å²) in [6.45, 7) is 2.94. The third-order valence-electron chi connectivity index (χ3n) is 3.90. The molecule has 6 nitrogen and oxygen atoms in total. The van der Waals surface area contributed by atoms with Crippen molar-refractivity contribution in [2.75, 3.05) is 13.1 Å². The van der Waals surface area contributed by atoms with E-state index in [2.05, 4.69) is 6.92 Å². The summed E-state index contributed by atoms with van der Waals surface area (Å²) >= 11 is 0. The summed E-state index contributed by atoms with van der Waals surface area (Å²) < 4.78 is 13.9. The summed E-state index contributed by atoms with van der Waals surface area (Å²) in [7, 11) is 0. The van der Waals surface area contributed by atoms with Crippen molar-refractivity contribution in [1.29, 1.82) is 0 Å². The first-order valence-corrected chi connectivity index (χ1v) is 6.89. The Bertz CT molecular complexity index is 564. The molecule has 1 saturated heterocycles. The molecule has 1 amide bonds. The number of hydrogen-bond acceptors (Lipinski definition) is 4. The lowest BCUT2D eigenvalue weighted by molar-refractivity contribution is -0.385. The van der Waals surface area contributed by atoms with Crippen molar-refractivity contribution < 1.29 is 14.1 Å². The van der Waals surface area contributed by atoms with Gasteiger partial charge in [0.05, 0.1) is 16.6 Å². The normalized spacial score (nSPS) is 22.1. The summed E-state index contributed by atoms with van der Waals surface area (Å²) in [5.74, 6) is -0.849. The summed E-state index contributed by atoms with van der Waals surface area (Å²) in [6.07, 6.45) is 1.63. The fourth-order valence-electron chi connectivity index (χ4n) is 2.69. The van der Waals surface area contributed by atoms with Gasteiger partial charge < -0.3 is 10.6 Å². The third-order valence-corrected chi connectivity index (χ3v) is 3.90. The van der Waals surface area contributed by atoms with Crippen LogP contribution in [0.2, 0.25) is 0 Å². The Hall–Kier alpha value is -2.02. The number of benzene rings is 1. The second-order valence-corrected chi connectivity index (χ2v) is 5.44. The number of non-ortho nitro benzene ring substituents is 1. The van der Waals surface area contributed by atoms with Crippen molar-refractivity contribution in [2.45, 2.75) is 25.8 Å². The molecule has 1 aliphatic heterocycles. The van der Waals surface area contributed by atoms with Gasteiger partial charge in [-0.2, -0.15) is 0 Å². The first kappa shape index (κ1) is 15.4. The highest BCUT2D eigenvalue weighted by Crippen LogP contribution is 2.25. The Morgan fingerprint density at radius 1 is 1.57 bits per heavy atom. The molecule has 0 radical (unpaired) electrons. The minimum atomic E-state index is -0.872. The molecule has 2 rings (SSSR count). The Balaban J connectivity index is 2.25. The van der Waals surface area contributed by atoms with Gasteiger partial charge in [0, 0.05) is 25.2 Å². The van der Waals surface area contributed by atoms with Gasteiger partial charge in [-0.1, -0.05) is 6.92 Å². The maximum absolute atomic E-state index is 13.9. The summed E-state index contributed by atoms with van der Waals surface area (Å²) in [5.41, 5.74) is 5.18. The van der Waals surface area contributed by atoms with Gasteiger partial charge >= 0.3 is 0 Å². The number of halogens is 1. The Morgan fingerprint density at radius 2 is 2.29 bits per heavy atom. The zero-order valence-electron chi connectivity index (χ0n) is 11.8. The molecule has 2 atom stereocenters. The van der Waals surface area contributed by atoms with E-state index in [0.717, 1.165) is 25.0 Å². The summed E-state index contributed by atoms with van der Waals surface area (Å²) in [5, 5.41) is 10.6. The Kier molecular flexibility index (Phi) is 4.52. The molecule has 1 fully saturated rings. The van der Waals surface area contributed by atoms with E-state index >= 15 is 0 Å². The number of likely N-dealkylation sites (tertiary alicyclic amines) is 1. The molecule has 0 spiro atoms. The van der Waals surface area contributed by atoms with Crippen molar-refractivity contribution in [3.05, 3.63) is 39.7 Å². The van der Waals surface area contributed by atoms with Gasteiger partial charge in [-0.05, 0) is 24.8 Å². The van der Waals surface area contributed by atoms with E-state index in [4.69, 9.17) is 5.73 Å². The Labute approximate surface area is 121 Å². The molecule has 1 aliphatic rings. The molecule has 1 heterocycles. The van der Waals surface area contributed by atoms with Crippen LogP contribution in [-0.4, -0.2) is 34.9 Å². The van der Waals surface area contributed by atoms with Crippen molar-refractivity contribution in [2.24, 2.45) is 11.7 Å². The van der Waals surface area contributed by atoms with Crippen molar-refractivity contribution in [1.82, 2.24) is 4.90 Å². The second kappa shape index (κ2) is 6.17. The highest BCUT2D eigenvalue weighted by atomic mass is 19.1. The number of nitrogens with zero attached hydrogens (tertiary/aromatic N) is 2. The standard InChI is InChI=1S/C14H18FN3O3/c1-9-4-5-17(11(6-9)8-16)14(19)12-3-2-10(18(20)21)7-13(12)15/h2-3,7,9,11H,4-6,8,16H2,1H3. The molecule has 0 aliphatic carbocycles. The molecule has 1 aromatic carbocycles. The lowest BCUT2D eigenvalue weighted by atomic mass is 9.92. The van der Waals surface area contributed by atoms with E-state index in [1.807, 2.05) is 0 Å². The predicted molar refractivity (Wildman–Crippen MR) is 75.3 cm³/mol. The van der Waals surface area contributed by atoms with E-state index in [1.54, 1.807) is 4.90 Å². The maximum atomic E-state index is 13.9. The molecule has 0 bridgehead atoms. The lowest BCUT2D eigenvalue weighted by Crippen LogP contribution is -2.49. The fraction of sp³-hybridized carbons (Fsp3) is 0.500. The van der Waals surface area contributed by atoms with Crippen LogP contribution in [0.1, 0.15) is 30.1 Å². The number of nitrogens with two attached hydrogens (primary N) is 1. The average Bonchev–Trinajstić information content (AvgIpc) is 2.46. The number of carbonyl (C=O) groups excluding carboxylic acids is 1. The summed E-state index contributed by atoms with van der Waals surface area (Å²) in [6, 6.07) is 2.97. The van der Waals surface area contributed by atoms with Crippen LogP contribution in [0.15, 0.2) is 18.2 Å². The average molecular weight is 295 g/mol. The maximum Gasteiger partial charge on any atom is 0.272 e. The van der Waals surface area contributed by atoms with Crippen LogP contribution in [0.4, 0.5) is 10.1 Å². The van der Waals surface area contributed by atoms with Crippen LogP contribution in [0.25, 0.3) is 0 Å². The fourth-order valence-corrected chi connectivity index (χ4v) is 2.69. The number of amides is 1. The number of rotatable bonds is 3. The SMILES string of the molecule is CC1CCN(C(=O)c2ccc([N+](=O)[O-])cc2F)C(CN)C1. The monoisotopic (exact) mass is 295 g/mol. The van der Waals surface area contributed by atoms with E-state index in [0.29, 0.717) is 19.0 Å². The van der Waals surface area contributed by atoms with E-state index < -0.39 is 16.6 Å². The number of piperidine rings is 1. The molecule has 1 aromatic rings. The number of nitro groups is 1. The topological polar surface area (TPSA) is 89.5 Å². The summed E-state index contributed by atoms with van der Waals surface area (Å²) in [4.78, 5) is 23.9. The minimum absolute atomic E-state index is 0.115. The van der Waals surface area contributed by atoms with Gasteiger partial charge in [-0.3, -0.25) is 14.9 Å². The molecule has 2 N–H and O–H groups in total. The predicted octanol–water partition coefficient (Wildman–Crippen LogP) is 1.93. The van der Waals surface area contributed by atoms with Crippen LogP contribution >= 0.6 is 0 Å². The first-order chi connectivity index (χ1) is 9.93. The highest BCUT2D eigenvalue weighted by Gasteiger charge is 2.31. The molecule has 21 heavy (non-hydrogen) atoms. The lowest BCUT2D eigenvalue weighted by Gasteiger charge is -2.38. The highest BCUT2D eigenvalue weighted by molar-refractivity contribution is 5.95. The van der Waals surface area contributed by atoms with Gasteiger partial charge in [0.1, 0.15) is 5.82 Å². The van der Waals surface area contributed by atoms with Crippen LogP contribution < -0.4 is 5.73 Å². The molecular formula is C14H18FN3O3. The van der Waals surface area contributed by atoms with Gasteiger partial charge in [0.2, 0.25) is 0 Å². The largest absolute Gasteiger partial charge is 0.334 e. The number of hydrogen-bond donors (Lipinski definition) is 1. The van der Waals surface area contributed by atoms with Crippen LogP contribution in [-0.2, 0) is 0 Å². The first-order valence-electron chi connectivity index (χ1n) is 6.89. The molecule has 0 aromatic heterocycles. The number of carbonyl (C=O) groups is 1. The van der Waals surface area contributed by atoms with Crippen LogP contribution in [0, 0.1) is 21.8 Å². The van der Waals surface area contributed by atoms with Gasteiger partial charge in [-0.15, -0.1) is 0 Å². The van der Waals surface area contributed by atoms with E-state index in [9.17, 15) is 19.3 Å². The van der Waals surface area contributed by atoms with Gasteiger partial charge in [-0.25, -0.2) is 4.39 Å². The van der Waals surface area contributed by atoms with Gasteiger partial charge in [0.25, 0.3) is 11.6 Å². The van der Waals surface area contributed by atoms with E-state index in [1.165, 1.54) is 6.07 Å². The molecule has 7 heteroatoms. The van der Waals surface area contributed by atoms with Crippen molar-refractivity contribution in [3.8, 4) is 0 Å². The van der Waals surface area contributed by atoms with Crippen molar-refractivity contribution in [3.63, 3.8) is 0 Å². The van der Waals surface area contributed by atoms with Crippen molar-refractivity contribution >= 4 is 11.6 Å². The zero-order valence-corrected chi connectivity index (χ0v) is 11.8. The second-order valence-electron chi connectivity index (χ2n) is 5.44. The van der Waals surface area contributed by atoms with E-state index in [-0.39, 0.29) is 17.3 Å². The number of nitro benzene ring substituents is 1. The quantitative estimate of drug-likeness (QED) is 0.681. The molecule has 2 unspecified atom stereocenters. The smallest absolute Gasteiger partial charge is 0.272 e. The van der Waals surface area contributed by atoms with Crippen LogP contribution in [0.3, 0.4) is 0 Å². The zero-order chi connectivity index (χ0) is 15.6. The molecule has 114 valence electrons. The molecular weight excluding hydrogens is 277 g/mol. The molecule has 0 saturated carbocycles. The third kappa shape index (κ3) is 3.18. The Morgan fingerprint density at radius 3 is 2.86 bits per heavy atom. The van der Waals surface area contributed by atoms with Gasteiger partial charge in [0.15, 0.2) is 0 Å². The van der Waals surface area contributed by atoms with Crippen LogP contribution in [0.5, 0.6) is 0 Å².